The van der Waals surface area contributed by atoms with E-state index in [2.05, 4.69) is 5.32 Å². The van der Waals surface area contributed by atoms with Crippen molar-refractivity contribution in [2.75, 3.05) is 19.5 Å². The fourth-order valence-electron chi connectivity index (χ4n) is 1.89. The Hall–Kier alpha value is -2.53. The van der Waals surface area contributed by atoms with Crippen molar-refractivity contribution in [3.63, 3.8) is 0 Å². The highest BCUT2D eigenvalue weighted by Gasteiger charge is 2.05. The lowest BCUT2D eigenvalue weighted by atomic mass is 10.2. The molecule has 1 N–H and O–H groups in total. The Morgan fingerprint density at radius 1 is 1.13 bits per heavy atom. The van der Waals surface area contributed by atoms with Crippen LogP contribution in [-0.4, -0.2) is 20.1 Å². The number of anilines is 1. The molecule has 4 nitrogen and oxygen atoms in total. The summed E-state index contributed by atoms with van der Waals surface area (Å²) in [7, 11) is 3.09. The molecule has 2 aromatic rings. The van der Waals surface area contributed by atoms with Crippen molar-refractivity contribution in [3.05, 3.63) is 58.9 Å². The van der Waals surface area contributed by atoms with Crippen LogP contribution in [0.5, 0.6) is 11.5 Å². The Morgan fingerprint density at radius 2 is 1.87 bits per heavy atom. The van der Waals surface area contributed by atoms with Crippen LogP contribution in [0.3, 0.4) is 0 Å². The van der Waals surface area contributed by atoms with Crippen LogP contribution in [-0.2, 0) is 4.79 Å². The maximum Gasteiger partial charge on any atom is 0.248 e. The summed E-state index contributed by atoms with van der Waals surface area (Å²) in [5.74, 6) is 0.281. The van der Waals surface area contributed by atoms with Gasteiger partial charge in [0.15, 0.2) is 11.5 Å². The van der Waals surface area contributed by atoms with Crippen molar-refractivity contribution < 1.29 is 18.7 Å². The van der Waals surface area contributed by atoms with Crippen LogP contribution in [0.2, 0.25) is 5.02 Å². The highest BCUT2D eigenvalue weighted by atomic mass is 35.5. The van der Waals surface area contributed by atoms with E-state index in [0.717, 1.165) is 5.56 Å². The molecule has 0 heterocycles. The van der Waals surface area contributed by atoms with Gasteiger partial charge in [-0.25, -0.2) is 4.39 Å². The molecule has 23 heavy (non-hydrogen) atoms. The fourth-order valence-corrected chi connectivity index (χ4v) is 2.07. The van der Waals surface area contributed by atoms with Gasteiger partial charge in [0.2, 0.25) is 5.91 Å². The number of carbonyl (C=O) groups is 1. The molecule has 0 saturated carbocycles. The predicted molar refractivity (Wildman–Crippen MR) is 88.6 cm³/mol. The zero-order valence-electron chi connectivity index (χ0n) is 12.6. The van der Waals surface area contributed by atoms with Crippen molar-refractivity contribution in [1.29, 1.82) is 0 Å². The van der Waals surface area contributed by atoms with Crippen molar-refractivity contribution >= 4 is 29.3 Å². The number of rotatable bonds is 5. The topological polar surface area (TPSA) is 47.6 Å². The summed E-state index contributed by atoms with van der Waals surface area (Å²) in [6.45, 7) is 0. The molecule has 0 unspecified atom stereocenters. The summed E-state index contributed by atoms with van der Waals surface area (Å²) in [6, 6.07) is 9.26. The Morgan fingerprint density at radius 3 is 2.52 bits per heavy atom. The van der Waals surface area contributed by atoms with Crippen molar-refractivity contribution in [2.24, 2.45) is 0 Å². The molecule has 0 atom stereocenters. The van der Waals surface area contributed by atoms with Crippen LogP contribution in [0, 0.1) is 5.82 Å². The fraction of sp³-hybridized carbons (Fsp3) is 0.118. The summed E-state index contributed by atoms with van der Waals surface area (Å²) in [6.07, 6.45) is 2.99. The summed E-state index contributed by atoms with van der Waals surface area (Å²) >= 11 is 5.66. The number of halogens is 2. The molecule has 0 radical (unpaired) electrons. The lowest BCUT2D eigenvalue weighted by molar-refractivity contribution is -0.111. The number of benzene rings is 2. The number of hydrogen-bond acceptors (Lipinski definition) is 3. The van der Waals surface area contributed by atoms with Crippen molar-refractivity contribution in [2.45, 2.75) is 0 Å². The van der Waals surface area contributed by atoms with Crippen molar-refractivity contribution in [1.82, 2.24) is 0 Å². The first-order chi connectivity index (χ1) is 11.0. The molecule has 0 aromatic heterocycles. The predicted octanol–water partition coefficient (Wildman–Crippen LogP) is 4.15. The van der Waals surface area contributed by atoms with Gasteiger partial charge in [-0.05, 0) is 42.0 Å². The zero-order valence-corrected chi connectivity index (χ0v) is 13.4. The minimum absolute atomic E-state index is 0.0494. The first-order valence-corrected chi connectivity index (χ1v) is 7.07. The highest BCUT2D eigenvalue weighted by molar-refractivity contribution is 6.31. The first kappa shape index (κ1) is 16.8. The molecule has 120 valence electrons. The minimum atomic E-state index is -0.537. The molecular weight excluding hydrogens is 321 g/mol. The largest absolute Gasteiger partial charge is 0.493 e. The number of methoxy groups -OCH3 is 2. The molecule has 2 rings (SSSR count). The van der Waals surface area contributed by atoms with Crippen LogP contribution in [0.1, 0.15) is 5.56 Å². The van der Waals surface area contributed by atoms with Crippen LogP contribution in [0.25, 0.3) is 6.08 Å². The maximum atomic E-state index is 13.1. The minimum Gasteiger partial charge on any atom is -0.493 e. The van der Waals surface area contributed by atoms with Crippen molar-refractivity contribution in [3.8, 4) is 11.5 Å². The monoisotopic (exact) mass is 335 g/mol. The van der Waals surface area contributed by atoms with Crippen LogP contribution >= 0.6 is 11.6 Å². The van der Waals surface area contributed by atoms with E-state index < -0.39 is 5.82 Å². The van der Waals surface area contributed by atoms with E-state index in [-0.39, 0.29) is 10.9 Å². The highest BCUT2D eigenvalue weighted by Crippen LogP contribution is 2.28. The molecule has 0 saturated heterocycles. The van der Waals surface area contributed by atoms with Gasteiger partial charge in [0.25, 0.3) is 0 Å². The van der Waals surface area contributed by atoms with Crippen LogP contribution in [0.15, 0.2) is 42.5 Å². The van der Waals surface area contributed by atoms with E-state index in [4.69, 9.17) is 21.1 Å². The maximum absolute atomic E-state index is 13.1. The third kappa shape index (κ3) is 4.47. The van der Waals surface area contributed by atoms with E-state index in [1.807, 2.05) is 0 Å². The number of carbonyl (C=O) groups excluding carboxylic acids is 1. The standard InChI is InChI=1S/C17H15ClFNO3/c1-22-15-7-3-11(9-16(15)23-2)4-8-17(21)20-12-5-6-14(19)13(18)10-12/h3-10H,1-2H3,(H,20,21)/b8-4-. The van der Waals surface area contributed by atoms with Gasteiger partial charge in [0.05, 0.1) is 19.2 Å². The normalized spacial score (nSPS) is 10.6. The van der Waals surface area contributed by atoms with Gasteiger partial charge in [0.1, 0.15) is 5.82 Å². The van der Waals surface area contributed by atoms with E-state index in [1.54, 1.807) is 31.4 Å². The molecule has 0 aliphatic rings. The SMILES string of the molecule is COc1ccc(/C=C\C(=O)Nc2ccc(F)c(Cl)c2)cc1OC. The van der Waals surface area contributed by atoms with E-state index >= 15 is 0 Å². The van der Waals surface area contributed by atoms with E-state index in [9.17, 15) is 9.18 Å². The van der Waals surface area contributed by atoms with Crippen LogP contribution < -0.4 is 14.8 Å². The molecule has 6 heteroatoms. The number of hydrogen-bond donors (Lipinski definition) is 1. The number of ether oxygens (including phenoxy) is 2. The molecule has 0 fully saturated rings. The average molecular weight is 336 g/mol. The van der Waals surface area contributed by atoms with Gasteiger partial charge >= 0.3 is 0 Å². The molecule has 0 aliphatic carbocycles. The zero-order chi connectivity index (χ0) is 16.8. The van der Waals surface area contributed by atoms with E-state index in [1.165, 1.54) is 31.4 Å². The summed E-state index contributed by atoms with van der Waals surface area (Å²) < 4.78 is 23.4. The number of amides is 1. The Balaban J connectivity index is 2.07. The molecule has 1 amide bonds. The number of nitrogens with one attached hydrogen (secondary N) is 1. The van der Waals surface area contributed by atoms with Gasteiger partial charge in [0, 0.05) is 11.8 Å². The lowest BCUT2D eigenvalue weighted by Gasteiger charge is -2.07. The molecule has 0 bridgehead atoms. The van der Waals surface area contributed by atoms with Crippen LogP contribution in [0.4, 0.5) is 10.1 Å². The Kier molecular flexibility index (Phi) is 5.60. The third-order valence-corrected chi connectivity index (χ3v) is 3.31. The van der Waals surface area contributed by atoms with Gasteiger partial charge in [-0.3, -0.25) is 4.79 Å². The smallest absolute Gasteiger partial charge is 0.248 e. The van der Waals surface area contributed by atoms with Gasteiger partial charge in [-0.2, -0.15) is 0 Å². The summed E-state index contributed by atoms with van der Waals surface area (Å²) in [5.41, 5.74) is 1.19. The van der Waals surface area contributed by atoms with E-state index in [0.29, 0.717) is 17.2 Å². The second-order valence-corrected chi connectivity index (χ2v) is 4.97. The second-order valence-electron chi connectivity index (χ2n) is 4.57. The summed E-state index contributed by atoms with van der Waals surface area (Å²) in [5, 5.41) is 2.55. The Bertz CT molecular complexity index is 747. The molecule has 2 aromatic carbocycles. The quantitative estimate of drug-likeness (QED) is 0.835. The van der Waals surface area contributed by atoms with Gasteiger partial charge in [-0.15, -0.1) is 0 Å². The first-order valence-electron chi connectivity index (χ1n) is 6.69. The molecular formula is C17H15ClFNO3. The lowest BCUT2D eigenvalue weighted by Crippen LogP contribution is -2.07. The summed E-state index contributed by atoms with van der Waals surface area (Å²) in [4.78, 5) is 11.9. The molecule has 0 spiro atoms. The van der Waals surface area contributed by atoms with Gasteiger partial charge in [-0.1, -0.05) is 17.7 Å². The second kappa shape index (κ2) is 7.65. The van der Waals surface area contributed by atoms with Gasteiger partial charge < -0.3 is 14.8 Å². The molecule has 0 aliphatic heterocycles. The average Bonchev–Trinajstić information content (AvgIpc) is 2.56. The Labute approximate surface area is 138 Å². The third-order valence-electron chi connectivity index (χ3n) is 3.02.